The van der Waals surface area contributed by atoms with E-state index in [2.05, 4.69) is 5.32 Å². The van der Waals surface area contributed by atoms with Crippen molar-refractivity contribution in [2.45, 2.75) is 32.0 Å². The van der Waals surface area contributed by atoms with Crippen LogP contribution in [0.3, 0.4) is 0 Å². The van der Waals surface area contributed by atoms with Crippen molar-refractivity contribution in [1.82, 2.24) is 14.8 Å². The normalized spacial score (nSPS) is 30.1. The van der Waals surface area contributed by atoms with E-state index in [-0.39, 0.29) is 42.0 Å². The molecule has 120 valence electrons. The number of aliphatic hydroxyl groups excluding tert-OH is 1. The molecule has 2 N–H and O–H groups in total. The number of hydrogen-bond acceptors (Lipinski definition) is 4. The zero-order valence-corrected chi connectivity index (χ0v) is 13.0. The fraction of sp³-hybridized carbons (Fsp3) is 0.625. The molecule has 2 aliphatic rings. The van der Waals surface area contributed by atoms with Gasteiger partial charge in [-0.05, 0) is 19.5 Å². The van der Waals surface area contributed by atoms with Gasteiger partial charge in [-0.1, -0.05) is 13.0 Å². The van der Waals surface area contributed by atoms with Crippen LogP contribution in [0.5, 0.6) is 0 Å². The molecule has 6 nitrogen and oxygen atoms in total. The van der Waals surface area contributed by atoms with Gasteiger partial charge in [-0.3, -0.25) is 14.5 Å². The third-order valence-corrected chi connectivity index (χ3v) is 5.05. The summed E-state index contributed by atoms with van der Waals surface area (Å²) in [6.07, 6.45) is 0.886. The number of aliphatic hydroxyl groups is 1. The maximum absolute atomic E-state index is 12.5. The Kier molecular flexibility index (Phi) is 4.06. The highest BCUT2D eigenvalue weighted by atomic mass is 16.3. The Hall–Kier alpha value is -1.66. The molecule has 1 amide bonds. The first-order chi connectivity index (χ1) is 10.6. The molecule has 0 aromatic carbocycles. The molecule has 1 aromatic heterocycles. The predicted molar refractivity (Wildman–Crippen MR) is 82.4 cm³/mol. The first kappa shape index (κ1) is 15.2. The van der Waals surface area contributed by atoms with Gasteiger partial charge < -0.3 is 15.0 Å². The van der Waals surface area contributed by atoms with Gasteiger partial charge >= 0.3 is 0 Å². The number of pyridine rings is 1. The van der Waals surface area contributed by atoms with Crippen LogP contribution in [0.15, 0.2) is 23.0 Å². The number of hydrogen-bond donors (Lipinski definition) is 2. The van der Waals surface area contributed by atoms with Crippen molar-refractivity contribution in [2.75, 3.05) is 20.2 Å². The largest absolute Gasteiger partial charge is 0.396 e. The highest BCUT2D eigenvalue weighted by molar-refractivity contribution is 5.82. The Balaban J connectivity index is 1.93. The summed E-state index contributed by atoms with van der Waals surface area (Å²) in [6, 6.07) is 4.95. The van der Waals surface area contributed by atoms with Crippen molar-refractivity contribution in [3.05, 3.63) is 34.2 Å². The van der Waals surface area contributed by atoms with Gasteiger partial charge in [0.1, 0.15) is 0 Å². The Morgan fingerprint density at radius 2 is 2.23 bits per heavy atom. The average Bonchev–Trinajstić information content (AvgIpc) is 3.01. The van der Waals surface area contributed by atoms with Crippen LogP contribution >= 0.6 is 0 Å². The molecule has 4 atom stereocenters. The van der Waals surface area contributed by atoms with E-state index in [0.29, 0.717) is 13.1 Å². The Morgan fingerprint density at radius 1 is 1.45 bits per heavy atom. The molecular formula is C16H23N3O3. The van der Waals surface area contributed by atoms with Crippen molar-refractivity contribution in [2.24, 2.45) is 11.8 Å². The minimum Gasteiger partial charge on any atom is -0.396 e. The van der Waals surface area contributed by atoms with Crippen LogP contribution in [0.2, 0.25) is 0 Å². The molecule has 0 radical (unpaired) electrons. The Labute approximate surface area is 129 Å². The number of likely N-dealkylation sites (N-methyl/N-ethyl adjacent to an activating group) is 1. The third kappa shape index (κ3) is 2.18. The Bertz CT molecular complexity index is 627. The second-order valence-corrected chi connectivity index (χ2v) is 6.26. The van der Waals surface area contributed by atoms with Crippen molar-refractivity contribution in [1.29, 1.82) is 0 Å². The monoisotopic (exact) mass is 305 g/mol. The number of rotatable bonds is 4. The molecule has 0 bridgehead atoms. The lowest BCUT2D eigenvalue weighted by atomic mass is 9.88. The van der Waals surface area contributed by atoms with E-state index >= 15 is 0 Å². The van der Waals surface area contributed by atoms with Crippen LogP contribution in [0.4, 0.5) is 0 Å². The number of carbonyl (C=O) groups excluding carboxylic acids is 1. The number of carbonyl (C=O) groups is 1. The lowest BCUT2D eigenvalue weighted by Gasteiger charge is -2.26. The summed E-state index contributed by atoms with van der Waals surface area (Å²) in [6.45, 7) is 3.19. The number of nitrogens with one attached hydrogen (secondary N) is 1. The van der Waals surface area contributed by atoms with Crippen LogP contribution in [0.25, 0.3) is 0 Å². The summed E-state index contributed by atoms with van der Waals surface area (Å²) in [5.41, 5.74) is 0.938. The zero-order valence-electron chi connectivity index (χ0n) is 13.0. The zero-order chi connectivity index (χ0) is 15.9. The maximum Gasteiger partial charge on any atom is 0.250 e. The lowest BCUT2D eigenvalue weighted by molar-refractivity contribution is -0.127. The molecule has 0 spiro atoms. The van der Waals surface area contributed by atoms with E-state index in [4.69, 9.17) is 0 Å². The van der Waals surface area contributed by atoms with Gasteiger partial charge in [0.2, 0.25) is 5.91 Å². The Morgan fingerprint density at radius 3 is 2.91 bits per heavy atom. The number of fused-ring (bicyclic) bond motifs is 3. The summed E-state index contributed by atoms with van der Waals surface area (Å²) >= 11 is 0. The standard InChI is InChI=1S/C16H23N3O3/c1-3-7-17-16(22)15-11(9-20)10-8-19-12(14(10)18(15)2)5-4-6-13(19)21/h4-6,10-11,14-15,20H,3,7-9H2,1-2H3,(H,17,22)/t10-,11-,14+,15-/m1/s1. The molecule has 6 heteroatoms. The number of likely N-dealkylation sites (tertiary alicyclic amines) is 1. The second-order valence-electron chi connectivity index (χ2n) is 6.26. The van der Waals surface area contributed by atoms with Gasteiger partial charge in [-0.25, -0.2) is 0 Å². The van der Waals surface area contributed by atoms with E-state index < -0.39 is 0 Å². The van der Waals surface area contributed by atoms with E-state index in [1.165, 1.54) is 0 Å². The average molecular weight is 305 g/mol. The SMILES string of the molecule is CCCNC(=O)[C@H]1[C@H](CO)[C@H]2Cn3c(cccc3=O)[C@H]2N1C. The first-order valence-corrected chi connectivity index (χ1v) is 7.90. The van der Waals surface area contributed by atoms with E-state index in [1.807, 2.05) is 24.9 Å². The topological polar surface area (TPSA) is 74.6 Å². The van der Waals surface area contributed by atoms with Crippen molar-refractivity contribution < 1.29 is 9.90 Å². The van der Waals surface area contributed by atoms with E-state index in [9.17, 15) is 14.7 Å². The summed E-state index contributed by atoms with van der Waals surface area (Å²) in [7, 11) is 1.91. The van der Waals surface area contributed by atoms with Crippen LogP contribution < -0.4 is 10.9 Å². The molecule has 3 heterocycles. The molecule has 0 unspecified atom stereocenters. The number of aromatic nitrogens is 1. The fourth-order valence-corrected chi connectivity index (χ4v) is 4.08. The quantitative estimate of drug-likeness (QED) is 0.819. The summed E-state index contributed by atoms with van der Waals surface area (Å²) in [4.78, 5) is 26.5. The summed E-state index contributed by atoms with van der Waals surface area (Å²) in [5.74, 6) is -0.0729. The van der Waals surface area contributed by atoms with Crippen LogP contribution in [0, 0.1) is 11.8 Å². The van der Waals surface area contributed by atoms with Gasteiger partial charge in [0.25, 0.3) is 5.56 Å². The molecule has 22 heavy (non-hydrogen) atoms. The van der Waals surface area contributed by atoms with Gasteiger partial charge in [-0.2, -0.15) is 0 Å². The lowest BCUT2D eigenvalue weighted by Crippen LogP contribution is -2.47. The highest BCUT2D eigenvalue weighted by Crippen LogP contribution is 2.47. The molecule has 1 fully saturated rings. The molecule has 1 saturated heterocycles. The molecule has 0 aliphatic carbocycles. The van der Waals surface area contributed by atoms with Crippen molar-refractivity contribution >= 4 is 5.91 Å². The minimum atomic E-state index is -0.337. The van der Waals surface area contributed by atoms with Crippen LogP contribution in [-0.2, 0) is 11.3 Å². The molecular weight excluding hydrogens is 282 g/mol. The maximum atomic E-state index is 12.5. The molecule has 2 aliphatic heterocycles. The smallest absolute Gasteiger partial charge is 0.250 e. The first-order valence-electron chi connectivity index (χ1n) is 7.90. The fourth-order valence-electron chi connectivity index (χ4n) is 4.08. The van der Waals surface area contributed by atoms with Gasteiger partial charge in [0.15, 0.2) is 0 Å². The van der Waals surface area contributed by atoms with Gasteiger partial charge in [-0.15, -0.1) is 0 Å². The predicted octanol–water partition coefficient (Wildman–Crippen LogP) is -0.0321. The third-order valence-electron chi connectivity index (χ3n) is 5.05. The molecule has 0 saturated carbocycles. The summed E-state index contributed by atoms with van der Waals surface area (Å²) < 4.78 is 1.77. The molecule has 1 aromatic rings. The minimum absolute atomic E-state index is 0.0102. The van der Waals surface area contributed by atoms with E-state index in [1.54, 1.807) is 16.7 Å². The van der Waals surface area contributed by atoms with Gasteiger partial charge in [0, 0.05) is 43.3 Å². The second kappa shape index (κ2) is 5.85. The van der Waals surface area contributed by atoms with Crippen LogP contribution in [0.1, 0.15) is 25.1 Å². The van der Waals surface area contributed by atoms with Crippen LogP contribution in [-0.4, -0.2) is 46.7 Å². The number of nitrogens with zero attached hydrogens (tertiary/aromatic N) is 2. The van der Waals surface area contributed by atoms with Gasteiger partial charge in [0.05, 0.1) is 12.1 Å². The van der Waals surface area contributed by atoms with Crippen molar-refractivity contribution in [3.63, 3.8) is 0 Å². The van der Waals surface area contributed by atoms with Crippen molar-refractivity contribution in [3.8, 4) is 0 Å². The molecule has 3 rings (SSSR count). The number of amides is 1. The summed E-state index contributed by atoms with van der Waals surface area (Å²) in [5, 5.41) is 12.8. The van der Waals surface area contributed by atoms with E-state index in [0.717, 1.165) is 12.1 Å². The highest BCUT2D eigenvalue weighted by Gasteiger charge is 2.53.